The molecule has 0 radical (unpaired) electrons. The third-order valence-electron chi connectivity index (χ3n) is 5.66. The molecule has 2 aliphatic heterocycles. The lowest BCUT2D eigenvalue weighted by atomic mass is 10.2. The number of anilines is 2. The number of nitrogens with zero attached hydrogens (tertiary/aromatic N) is 7. The smallest absolute Gasteiger partial charge is 0.174 e. The normalized spacial score (nSPS) is 19.4. The van der Waals surface area contributed by atoms with Crippen LogP contribution in [0.5, 0.6) is 0 Å². The van der Waals surface area contributed by atoms with Crippen molar-refractivity contribution in [2.24, 2.45) is 4.99 Å². The van der Waals surface area contributed by atoms with Crippen molar-refractivity contribution in [3.8, 4) is 0 Å². The third-order valence-corrected chi connectivity index (χ3v) is 5.66. The number of aromatic nitrogens is 2. The fraction of sp³-hybridized carbons (Fsp3) is 0.571. The molecule has 2 aromatic rings. The Morgan fingerprint density at radius 3 is 1.97 bits per heavy atom. The predicted octanol–water partition coefficient (Wildman–Crippen LogP) is 1.83. The number of benzene rings is 1. The number of likely N-dealkylation sites (N-methyl/N-ethyl adjacent to an activating group) is 2. The Balaban J connectivity index is 1.71. The molecule has 2 fully saturated rings. The van der Waals surface area contributed by atoms with Gasteiger partial charge >= 0.3 is 0 Å². The first-order valence-corrected chi connectivity index (χ1v) is 10.5. The van der Waals surface area contributed by atoms with E-state index < -0.39 is 0 Å². The van der Waals surface area contributed by atoms with E-state index in [2.05, 4.69) is 38.7 Å². The van der Waals surface area contributed by atoms with Crippen molar-refractivity contribution < 1.29 is 4.74 Å². The second-order valence-corrected chi connectivity index (χ2v) is 7.81. The largest absolute Gasteiger partial charge is 0.483 e. The van der Waals surface area contributed by atoms with E-state index in [0.717, 1.165) is 80.7 Å². The Bertz CT molecular complexity index is 855. The van der Waals surface area contributed by atoms with Crippen LogP contribution in [0.25, 0.3) is 11.0 Å². The van der Waals surface area contributed by atoms with Crippen molar-refractivity contribution in [1.29, 1.82) is 0 Å². The molecule has 2 aliphatic rings. The summed E-state index contributed by atoms with van der Waals surface area (Å²) in [4.78, 5) is 24.0. The van der Waals surface area contributed by atoms with Crippen LogP contribution in [0.2, 0.25) is 0 Å². The molecular weight excluding hydrogens is 366 g/mol. The summed E-state index contributed by atoms with van der Waals surface area (Å²) in [7, 11) is 4.35. The van der Waals surface area contributed by atoms with Crippen LogP contribution in [0.4, 0.5) is 17.3 Å². The molecular formula is C21H31N7O. The van der Waals surface area contributed by atoms with E-state index in [1.54, 1.807) is 0 Å². The van der Waals surface area contributed by atoms with E-state index in [0.29, 0.717) is 6.61 Å². The monoisotopic (exact) mass is 397 g/mol. The van der Waals surface area contributed by atoms with Crippen LogP contribution in [0, 0.1) is 0 Å². The Morgan fingerprint density at radius 1 is 0.862 bits per heavy atom. The molecule has 8 heteroatoms. The van der Waals surface area contributed by atoms with Gasteiger partial charge in [-0.05, 0) is 39.2 Å². The standard InChI is InChI=1S/C21H31N7O/c1-4-29-16-22-17-5-6-18-19(15-17)24-21(28-13-9-26(3)10-14-28)20(23-18)27-11-7-25(2)8-12-27/h5-6,15-16H,4,7-14H2,1-3H3. The van der Waals surface area contributed by atoms with Gasteiger partial charge < -0.3 is 24.3 Å². The van der Waals surface area contributed by atoms with Gasteiger partial charge in [-0.15, -0.1) is 0 Å². The molecule has 0 atom stereocenters. The van der Waals surface area contributed by atoms with Gasteiger partial charge in [0.05, 0.1) is 23.3 Å². The van der Waals surface area contributed by atoms with E-state index in [9.17, 15) is 0 Å². The van der Waals surface area contributed by atoms with Crippen LogP contribution in [0.15, 0.2) is 23.2 Å². The van der Waals surface area contributed by atoms with Crippen molar-refractivity contribution in [2.45, 2.75) is 6.92 Å². The maximum absolute atomic E-state index is 5.23. The molecule has 3 heterocycles. The fourth-order valence-corrected chi connectivity index (χ4v) is 3.74. The first-order valence-electron chi connectivity index (χ1n) is 10.5. The molecule has 0 unspecified atom stereocenters. The van der Waals surface area contributed by atoms with Gasteiger partial charge in [0.25, 0.3) is 0 Å². The number of piperazine rings is 2. The molecule has 1 aromatic carbocycles. The van der Waals surface area contributed by atoms with Gasteiger partial charge in [-0.25, -0.2) is 15.0 Å². The predicted molar refractivity (Wildman–Crippen MR) is 119 cm³/mol. The minimum atomic E-state index is 0.610. The fourth-order valence-electron chi connectivity index (χ4n) is 3.74. The molecule has 2 saturated heterocycles. The lowest BCUT2D eigenvalue weighted by molar-refractivity contribution is 0.308. The first-order chi connectivity index (χ1) is 14.1. The molecule has 0 spiro atoms. The lowest BCUT2D eigenvalue weighted by Crippen LogP contribution is -2.48. The summed E-state index contributed by atoms with van der Waals surface area (Å²) in [6, 6.07) is 5.97. The van der Waals surface area contributed by atoms with Crippen molar-refractivity contribution in [1.82, 2.24) is 19.8 Å². The highest BCUT2D eigenvalue weighted by molar-refractivity contribution is 5.84. The quantitative estimate of drug-likeness (QED) is 0.563. The van der Waals surface area contributed by atoms with Crippen molar-refractivity contribution in [3.05, 3.63) is 18.2 Å². The summed E-state index contributed by atoms with van der Waals surface area (Å²) in [6.45, 7) is 10.6. The summed E-state index contributed by atoms with van der Waals surface area (Å²) in [6.07, 6.45) is 1.49. The van der Waals surface area contributed by atoms with Gasteiger partial charge in [0.2, 0.25) is 0 Å². The Hall–Kier alpha value is -2.45. The average molecular weight is 398 g/mol. The van der Waals surface area contributed by atoms with E-state index in [4.69, 9.17) is 14.7 Å². The van der Waals surface area contributed by atoms with Crippen molar-refractivity contribution in [3.63, 3.8) is 0 Å². The van der Waals surface area contributed by atoms with Crippen molar-refractivity contribution >= 4 is 34.8 Å². The summed E-state index contributed by atoms with van der Waals surface area (Å²) in [5.74, 6) is 2.02. The Kier molecular flexibility index (Phi) is 6.10. The van der Waals surface area contributed by atoms with Crippen LogP contribution in [-0.4, -0.2) is 99.2 Å². The van der Waals surface area contributed by atoms with Crippen LogP contribution in [0.1, 0.15) is 6.92 Å². The topological polar surface area (TPSA) is 60.3 Å². The molecule has 0 saturated carbocycles. The van der Waals surface area contributed by atoms with E-state index in [1.165, 1.54) is 6.40 Å². The molecule has 0 aliphatic carbocycles. The highest BCUT2D eigenvalue weighted by Crippen LogP contribution is 2.31. The van der Waals surface area contributed by atoms with Gasteiger partial charge in [-0.3, -0.25) is 0 Å². The van der Waals surface area contributed by atoms with Gasteiger partial charge in [-0.1, -0.05) is 0 Å². The Morgan fingerprint density at radius 2 is 1.41 bits per heavy atom. The Labute approximate surface area is 172 Å². The second-order valence-electron chi connectivity index (χ2n) is 7.81. The zero-order chi connectivity index (χ0) is 20.2. The molecule has 4 rings (SSSR count). The van der Waals surface area contributed by atoms with Crippen LogP contribution in [0.3, 0.4) is 0 Å². The summed E-state index contributed by atoms with van der Waals surface area (Å²) in [5, 5.41) is 0. The summed E-state index contributed by atoms with van der Waals surface area (Å²) < 4.78 is 5.23. The number of rotatable bonds is 5. The lowest BCUT2D eigenvalue weighted by Gasteiger charge is -2.38. The minimum Gasteiger partial charge on any atom is -0.483 e. The maximum Gasteiger partial charge on any atom is 0.174 e. The number of aliphatic imine (C=N–C) groups is 1. The molecule has 0 N–H and O–H groups in total. The SMILES string of the molecule is CCOC=Nc1ccc2nc(N3CCN(C)CC3)c(N3CCN(C)CC3)nc2c1. The first kappa shape index (κ1) is 19.8. The van der Waals surface area contributed by atoms with Crippen LogP contribution < -0.4 is 9.80 Å². The van der Waals surface area contributed by atoms with E-state index in [-0.39, 0.29) is 0 Å². The highest BCUT2D eigenvalue weighted by Gasteiger charge is 2.25. The molecule has 1 aromatic heterocycles. The average Bonchev–Trinajstić information content (AvgIpc) is 2.74. The number of ether oxygens (including phenoxy) is 1. The van der Waals surface area contributed by atoms with Crippen LogP contribution >= 0.6 is 0 Å². The molecule has 8 nitrogen and oxygen atoms in total. The molecule has 156 valence electrons. The van der Waals surface area contributed by atoms with E-state index in [1.807, 2.05) is 25.1 Å². The minimum absolute atomic E-state index is 0.610. The van der Waals surface area contributed by atoms with Crippen molar-refractivity contribution in [2.75, 3.05) is 82.9 Å². The second kappa shape index (κ2) is 8.92. The third kappa shape index (κ3) is 4.59. The zero-order valence-electron chi connectivity index (χ0n) is 17.7. The number of hydrogen-bond acceptors (Lipinski definition) is 8. The van der Waals surface area contributed by atoms with Gasteiger partial charge in [-0.2, -0.15) is 0 Å². The number of fused-ring (bicyclic) bond motifs is 1. The molecule has 29 heavy (non-hydrogen) atoms. The summed E-state index contributed by atoms with van der Waals surface area (Å²) in [5.41, 5.74) is 2.62. The molecule has 0 amide bonds. The zero-order valence-corrected chi connectivity index (χ0v) is 17.7. The van der Waals surface area contributed by atoms with Gasteiger partial charge in [0, 0.05) is 52.4 Å². The summed E-state index contributed by atoms with van der Waals surface area (Å²) >= 11 is 0. The van der Waals surface area contributed by atoms with Gasteiger partial charge in [0.1, 0.15) is 0 Å². The van der Waals surface area contributed by atoms with Crippen LogP contribution in [-0.2, 0) is 4.74 Å². The van der Waals surface area contributed by atoms with Gasteiger partial charge in [0.15, 0.2) is 18.0 Å². The maximum atomic E-state index is 5.23. The number of hydrogen-bond donors (Lipinski definition) is 0. The highest BCUT2D eigenvalue weighted by atomic mass is 16.5. The molecule has 0 bridgehead atoms. The van der Waals surface area contributed by atoms with E-state index >= 15 is 0 Å².